The Morgan fingerprint density at radius 1 is 0.434 bits per heavy atom. The minimum Gasteiger partial charge on any atom is -0.437 e. The van der Waals surface area contributed by atoms with Gasteiger partial charge in [-0.3, -0.25) is 9.13 Å². The zero-order valence-electron chi connectivity index (χ0n) is 28.1. The summed E-state index contributed by atoms with van der Waals surface area (Å²) in [5.41, 5.74) is 8.12. The van der Waals surface area contributed by atoms with E-state index in [2.05, 4.69) is 118 Å². The molecular weight excluding hydrogens is 653 g/mol. The van der Waals surface area contributed by atoms with Gasteiger partial charge in [0.15, 0.2) is 0 Å². The molecule has 0 radical (unpaired) electrons. The van der Waals surface area contributed by atoms with Gasteiger partial charge in [0.05, 0.1) is 38.7 Å². The van der Waals surface area contributed by atoms with Crippen molar-refractivity contribution in [2.45, 2.75) is 0 Å². The van der Waals surface area contributed by atoms with Crippen LogP contribution in [0, 0.1) is 0 Å². The molecule has 5 heterocycles. The van der Waals surface area contributed by atoms with E-state index in [1.807, 2.05) is 48.7 Å². The van der Waals surface area contributed by atoms with Crippen LogP contribution < -0.4 is 0 Å². The van der Waals surface area contributed by atoms with Gasteiger partial charge in [0.1, 0.15) is 5.58 Å². The number of para-hydroxylation sites is 4. The molecule has 0 amide bonds. The Kier molecular flexibility index (Phi) is 5.65. The lowest BCUT2D eigenvalue weighted by atomic mass is 9.99. The van der Waals surface area contributed by atoms with Crippen LogP contribution in [-0.2, 0) is 0 Å². The first-order chi connectivity index (χ1) is 26.3. The Morgan fingerprint density at radius 3 is 2.02 bits per heavy atom. The van der Waals surface area contributed by atoms with Gasteiger partial charge in [-0.25, -0.2) is 15.0 Å². The first kappa shape index (κ1) is 28.3. The molecule has 0 saturated carbocycles. The Bertz CT molecular complexity index is 3480. The Morgan fingerprint density at radius 2 is 1.13 bits per heavy atom. The van der Waals surface area contributed by atoms with Crippen LogP contribution in [-0.4, -0.2) is 29.1 Å². The summed E-state index contributed by atoms with van der Waals surface area (Å²) in [5, 5.41) is 9.57. The summed E-state index contributed by atoms with van der Waals surface area (Å²) in [6.07, 6.45) is 1.91. The van der Waals surface area contributed by atoms with Gasteiger partial charge in [-0.05, 0) is 41.1 Å². The second-order valence-electron chi connectivity index (χ2n) is 13.5. The highest BCUT2D eigenvalue weighted by Crippen LogP contribution is 2.43. The largest absolute Gasteiger partial charge is 0.437 e. The summed E-state index contributed by atoms with van der Waals surface area (Å²) < 4.78 is 10.9. The van der Waals surface area contributed by atoms with Crippen LogP contribution in [0.25, 0.3) is 111 Å². The van der Waals surface area contributed by atoms with E-state index in [9.17, 15) is 0 Å². The average Bonchev–Trinajstić information content (AvgIpc) is 3.88. The van der Waals surface area contributed by atoms with E-state index in [1.165, 1.54) is 0 Å². The lowest BCUT2D eigenvalue weighted by Crippen LogP contribution is -2.03. The number of benzene rings is 7. The highest BCUT2D eigenvalue weighted by atomic mass is 16.3. The maximum atomic E-state index is 6.53. The first-order valence-electron chi connectivity index (χ1n) is 17.7. The van der Waals surface area contributed by atoms with Crippen molar-refractivity contribution < 1.29 is 4.42 Å². The lowest BCUT2D eigenvalue weighted by molar-refractivity contribution is 0.651. The molecule has 0 spiro atoms. The molecular formula is C46H26N6O. The summed E-state index contributed by atoms with van der Waals surface area (Å²) in [6.45, 7) is 0. The number of hydrogen-bond acceptors (Lipinski definition) is 5. The number of hydrogen-bond donors (Lipinski definition) is 0. The Labute approximate surface area is 301 Å². The number of furan rings is 1. The molecule has 0 unspecified atom stereocenters. The van der Waals surface area contributed by atoms with Crippen LogP contribution in [0.4, 0.5) is 0 Å². The molecule has 5 aromatic heterocycles. The second-order valence-corrected chi connectivity index (χ2v) is 13.5. The van der Waals surface area contributed by atoms with E-state index in [-0.39, 0.29) is 0 Å². The predicted molar refractivity (Wildman–Crippen MR) is 214 cm³/mol. The second kappa shape index (κ2) is 10.6. The molecule has 246 valence electrons. The minimum atomic E-state index is 0.537. The predicted octanol–water partition coefficient (Wildman–Crippen LogP) is 11.3. The summed E-state index contributed by atoms with van der Waals surface area (Å²) in [5.74, 6) is 1.16. The van der Waals surface area contributed by atoms with E-state index in [4.69, 9.17) is 24.4 Å². The third-order valence-electron chi connectivity index (χ3n) is 10.6. The standard InChI is InChI=1S/C46H26N6O/c1-3-15-29-27(12-1)14-11-19-31(29)42-41-34-18-6-10-23-39(34)53-44(41)50-46(49-42)51-37-22-9-5-17-33(37)40-38(51)25-24-32-30-16-4-8-21-36(30)52(43(32)40)45-47-26-28-13-2-7-20-35(28)48-45/h1-26H. The zero-order valence-corrected chi connectivity index (χ0v) is 28.1. The van der Waals surface area contributed by atoms with E-state index in [0.29, 0.717) is 17.6 Å². The van der Waals surface area contributed by atoms with Gasteiger partial charge in [-0.1, -0.05) is 121 Å². The van der Waals surface area contributed by atoms with E-state index < -0.39 is 0 Å². The monoisotopic (exact) mass is 678 g/mol. The fourth-order valence-corrected chi connectivity index (χ4v) is 8.34. The molecule has 0 saturated heterocycles. The molecule has 0 aliphatic rings. The van der Waals surface area contributed by atoms with Crippen molar-refractivity contribution in [2.75, 3.05) is 0 Å². The third-order valence-corrected chi connectivity index (χ3v) is 10.6. The summed E-state index contributed by atoms with van der Waals surface area (Å²) in [6, 6.07) is 52.4. The van der Waals surface area contributed by atoms with Gasteiger partial charge in [0, 0.05) is 44.1 Å². The van der Waals surface area contributed by atoms with Crippen LogP contribution in [0.2, 0.25) is 0 Å². The van der Waals surface area contributed by atoms with E-state index >= 15 is 0 Å². The zero-order chi connectivity index (χ0) is 34.6. The van der Waals surface area contributed by atoms with Gasteiger partial charge in [-0.15, -0.1) is 0 Å². The Balaban J connectivity index is 1.23. The maximum absolute atomic E-state index is 6.53. The van der Waals surface area contributed by atoms with Gasteiger partial charge in [0.25, 0.3) is 0 Å². The van der Waals surface area contributed by atoms with Crippen LogP contribution in [0.15, 0.2) is 162 Å². The van der Waals surface area contributed by atoms with Crippen LogP contribution in [0.1, 0.15) is 0 Å². The SMILES string of the molecule is c1ccc2nc(-n3c4ccccc4c4ccc5c(c6ccccc6n5-c5nc(-c6cccc7ccccc67)c6c(n5)oc5ccccc56)c43)ncc2c1. The number of rotatable bonds is 3. The van der Waals surface area contributed by atoms with Crippen molar-refractivity contribution in [1.29, 1.82) is 0 Å². The molecule has 7 aromatic carbocycles. The number of fused-ring (bicyclic) bond motifs is 12. The van der Waals surface area contributed by atoms with Gasteiger partial charge < -0.3 is 4.42 Å². The fourth-order valence-electron chi connectivity index (χ4n) is 8.34. The molecule has 0 fully saturated rings. The highest BCUT2D eigenvalue weighted by Gasteiger charge is 2.25. The molecule has 0 N–H and O–H groups in total. The van der Waals surface area contributed by atoms with Gasteiger partial charge >= 0.3 is 0 Å². The number of aromatic nitrogens is 6. The molecule has 53 heavy (non-hydrogen) atoms. The summed E-state index contributed by atoms with van der Waals surface area (Å²) in [4.78, 5) is 20.7. The van der Waals surface area contributed by atoms with E-state index in [1.54, 1.807) is 0 Å². The number of nitrogens with zero attached hydrogens (tertiary/aromatic N) is 6. The smallest absolute Gasteiger partial charge is 0.238 e. The molecule has 7 nitrogen and oxygen atoms in total. The van der Waals surface area contributed by atoms with Crippen molar-refractivity contribution in [2.24, 2.45) is 0 Å². The van der Waals surface area contributed by atoms with Crippen LogP contribution in [0.3, 0.4) is 0 Å². The molecule has 0 aliphatic carbocycles. The van der Waals surface area contributed by atoms with Crippen molar-refractivity contribution in [3.05, 3.63) is 158 Å². The quantitative estimate of drug-likeness (QED) is 0.186. The first-order valence-corrected chi connectivity index (χ1v) is 17.7. The van der Waals surface area contributed by atoms with Crippen LogP contribution >= 0.6 is 0 Å². The van der Waals surface area contributed by atoms with Crippen LogP contribution in [0.5, 0.6) is 0 Å². The fraction of sp³-hybridized carbons (Fsp3) is 0. The molecule has 0 aliphatic heterocycles. The molecule has 0 atom stereocenters. The topological polar surface area (TPSA) is 74.6 Å². The Hall–Kier alpha value is -7.38. The summed E-state index contributed by atoms with van der Waals surface area (Å²) >= 11 is 0. The molecule has 0 bridgehead atoms. The van der Waals surface area contributed by atoms with Crippen molar-refractivity contribution in [3.63, 3.8) is 0 Å². The average molecular weight is 679 g/mol. The highest BCUT2D eigenvalue weighted by molar-refractivity contribution is 6.26. The maximum Gasteiger partial charge on any atom is 0.238 e. The molecule has 7 heteroatoms. The van der Waals surface area contributed by atoms with Crippen molar-refractivity contribution in [1.82, 2.24) is 29.1 Å². The van der Waals surface area contributed by atoms with Crippen molar-refractivity contribution in [3.8, 4) is 23.2 Å². The minimum absolute atomic E-state index is 0.537. The van der Waals surface area contributed by atoms with Gasteiger partial charge in [0.2, 0.25) is 17.6 Å². The lowest BCUT2D eigenvalue weighted by Gasteiger charge is -2.11. The normalized spacial score (nSPS) is 12.2. The molecule has 12 rings (SSSR count). The van der Waals surface area contributed by atoms with Crippen molar-refractivity contribution >= 4 is 87.4 Å². The summed E-state index contributed by atoms with van der Waals surface area (Å²) in [7, 11) is 0. The third kappa shape index (κ3) is 3.93. The van der Waals surface area contributed by atoms with E-state index in [0.717, 1.165) is 92.9 Å². The van der Waals surface area contributed by atoms with Gasteiger partial charge in [-0.2, -0.15) is 4.98 Å². The molecule has 12 aromatic rings.